The smallest absolute Gasteiger partial charge is 0.162 e. The Kier molecular flexibility index (Phi) is 6.76. The van der Waals surface area contributed by atoms with Crippen molar-refractivity contribution in [2.75, 3.05) is 0 Å². The maximum Gasteiger partial charge on any atom is 0.487 e. The van der Waals surface area contributed by atoms with E-state index in [1.165, 1.54) is 32.1 Å². The van der Waals surface area contributed by atoms with E-state index in [-0.39, 0.29) is 0 Å². The second-order valence-electron chi connectivity index (χ2n) is 2.14. The quantitative estimate of drug-likeness (QED) is 0.498. The number of halogens is 3. The van der Waals surface area contributed by atoms with Gasteiger partial charge in [-0.25, -0.2) is 0 Å². The van der Waals surface area contributed by atoms with Crippen molar-refractivity contribution in [2.24, 2.45) is 0 Å². The minimum absolute atomic E-state index is 1.38. The molecule has 0 saturated heterocycles. The number of hydrogen-bond acceptors (Lipinski definition) is 0. The van der Waals surface area contributed by atoms with Gasteiger partial charge in [-0.15, -0.1) is 0 Å². The lowest BCUT2D eigenvalue weighted by Gasteiger charge is -2.05. The third kappa shape index (κ3) is 10.7. The summed E-state index contributed by atoms with van der Waals surface area (Å²) >= 11 is 0. The van der Waals surface area contributed by atoms with Crippen molar-refractivity contribution in [3.05, 3.63) is 13.1 Å². The fourth-order valence-corrected chi connectivity index (χ4v) is 0.898. The molecule has 0 bridgehead atoms. The fraction of sp³-hybridized carbons (Fsp3) is 0.714. The van der Waals surface area contributed by atoms with Gasteiger partial charge in [-0.05, 0) is 6.42 Å². The van der Waals surface area contributed by atoms with Gasteiger partial charge in [0.1, 0.15) is 0 Å². The monoisotopic (exact) mass is 152 g/mol. The zero-order valence-electron chi connectivity index (χ0n) is 5.75. The molecule has 1 fully saturated rings. The van der Waals surface area contributed by atoms with Crippen LogP contribution in [0.4, 0.5) is 13.2 Å². The van der Waals surface area contributed by atoms with Crippen LogP contribution in [0.2, 0.25) is 0 Å². The Balaban J connectivity index is 0.000000180. The van der Waals surface area contributed by atoms with E-state index in [1.807, 2.05) is 0 Å². The molecule has 1 saturated carbocycles. The lowest BCUT2D eigenvalue weighted by atomic mass is 10.0. The maximum atomic E-state index is 9.58. The summed E-state index contributed by atoms with van der Waals surface area (Å²) < 4.78 is 28.8. The van der Waals surface area contributed by atoms with Crippen molar-refractivity contribution in [1.82, 2.24) is 0 Å². The third-order valence-corrected chi connectivity index (χ3v) is 1.32. The Morgan fingerprint density at radius 1 is 0.900 bits per heavy atom. The Morgan fingerprint density at radius 3 is 1.40 bits per heavy atom. The molecule has 0 spiro atoms. The van der Waals surface area contributed by atoms with Crippen molar-refractivity contribution in [3.8, 4) is 0 Å². The van der Waals surface area contributed by atoms with Gasteiger partial charge in [-0.2, -0.15) is 13.2 Å². The van der Waals surface area contributed by atoms with Crippen LogP contribution in [0.5, 0.6) is 0 Å². The summed E-state index contributed by atoms with van der Waals surface area (Å²) in [6.45, 7) is -3.08. The first-order valence-electron chi connectivity index (χ1n) is 3.38. The molecule has 3 heteroatoms. The van der Waals surface area contributed by atoms with Crippen molar-refractivity contribution >= 4 is 0 Å². The highest BCUT2D eigenvalue weighted by molar-refractivity contribution is 4.69. The molecule has 1 aliphatic carbocycles. The van der Waals surface area contributed by atoms with E-state index in [9.17, 15) is 13.2 Å². The van der Waals surface area contributed by atoms with E-state index < -0.39 is 6.68 Å². The highest BCUT2D eigenvalue weighted by atomic mass is 19.4. The Bertz CT molecular complexity index is 45.6. The minimum atomic E-state index is -3.08. The van der Waals surface area contributed by atoms with Gasteiger partial charge >= 0.3 is 6.68 Å². The fourth-order valence-electron chi connectivity index (χ4n) is 0.898. The zero-order chi connectivity index (χ0) is 7.82. The summed E-state index contributed by atoms with van der Waals surface area (Å²) in [5.74, 6) is 0. The summed E-state index contributed by atoms with van der Waals surface area (Å²) in [5, 5.41) is 0. The van der Waals surface area contributed by atoms with Crippen LogP contribution in [-0.4, -0.2) is 0 Å². The molecule has 0 N–H and O–H groups in total. The lowest BCUT2D eigenvalue weighted by Crippen LogP contribution is -1.87. The molecular formula is C7H11F3. The van der Waals surface area contributed by atoms with Gasteiger partial charge < -0.3 is 0 Å². The van der Waals surface area contributed by atoms with Crippen LogP contribution in [0, 0.1) is 13.1 Å². The number of rotatable bonds is 0. The predicted octanol–water partition coefficient (Wildman–Crippen LogP) is 3.50. The normalized spacial score (nSPS) is 18.0. The molecular weight excluding hydrogens is 141 g/mol. The molecule has 0 aromatic rings. The molecule has 0 atom stereocenters. The van der Waals surface area contributed by atoms with Gasteiger partial charge in [0.25, 0.3) is 0 Å². The summed E-state index contributed by atoms with van der Waals surface area (Å²) in [5.41, 5.74) is 0. The first kappa shape index (κ1) is 9.79. The second-order valence-corrected chi connectivity index (χ2v) is 2.14. The minimum Gasteiger partial charge on any atom is -0.162 e. The molecule has 0 unspecified atom stereocenters. The van der Waals surface area contributed by atoms with Crippen LogP contribution in [0.25, 0.3) is 0 Å². The first-order valence-corrected chi connectivity index (χ1v) is 3.38. The molecule has 0 aromatic carbocycles. The SMILES string of the molecule is F[C](F)F.[CH]1CCCCC1. The molecule has 0 aromatic heterocycles. The molecule has 0 heterocycles. The summed E-state index contributed by atoms with van der Waals surface area (Å²) in [7, 11) is 0. The lowest BCUT2D eigenvalue weighted by molar-refractivity contribution is 0.142. The molecule has 60 valence electrons. The largest absolute Gasteiger partial charge is 0.487 e. The van der Waals surface area contributed by atoms with Gasteiger partial charge in [0.15, 0.2) is 0 Å². The van der Waals surface area contributed by atoms with Gasteiger partial charge in [-0.1, -0.05) is 32.1 Å². The molecule has 0 amide bonds. The Morgan fingerprint density at radius 2 is 1.30 bits per heavy atom. The summed E-state index contributed by atoms with van der Waals surface area (Å²) in [4.78, 5) is 0. The highest BCUT2D eigenvalue weighted by Crippen LogP contribution is 2.14. The molecule has 0 nitrogen and oxygen atoms in total. The van der Waals surface area contributed by atoms with Crippen molar-refractivity contribution < 1.29 is 13.2 Å². The van der Waals surface area contributed by atoms with E-state index in [2.05, 4.69) is 6.42 Å². The molecule has 1 rings (SSSR count). The van der Waals surface area contributed by atoms with Crippen molar-refractivity contribution in [1.29, 1.82) is 0 Å². The van der Waals surface area contributed by atoms with Crippen LogP contribution in [0.1, 0.15) is 32.1 Å². The summed E-state index contributed by atoms with van der Waals surface area (Å²) in [6, 6.07) is 0. The van der Waals surface area contributed by atoms with E-state index in [0.29, 0.717) is 0 Å². The molecule has 10 heavy (non-hydrogen) atoms. The standard InChI is InChI=1S/C6H11.CF3/c1-2-4-6-5-3-1;2-1(3)4/h1H,2-6H2;. The van der Waals surface area contributed by atoms with E-state index in [4.69, 9.17) is 0 Å². The van der Waals surface area contributed by atoms with Crippen LogP contribution < -0.4 is 0 Å². The molecule has 1 aliphatic rings. The van der Waals surface area contributed by atoms with Gasteiger partial charge in [0.2, 0.25) is 0 Å². The van der Waals surface area contributed by atoms with E-state index in [1.54, 1.807) is 0 Å². The van der Waals surface area contributed by atoms with Gasteiger partial charge in [0.05, 0.1) is 0 Å². The average molecular weight is 152 g/mol. The van der Waals surface area contributed by atoms with Crippen LogP contribution >= 0.6 is 0 Å². The molecule has 0 aliphatic heterocycles. The van der Waals surface area contributed by atoms with Crippen LogP contribution in [0.3, 0.4) is 0 Å². The zero-order valence-corrected chi connectivity index (χ0v) is 5.75. The topological polar surface area (TPSA) is 0 Å². The first-order chi connectivity index (χ1) is 4.73. The van der Waals surface area contributed by atoms with Crippen LogP contribution in [0.15, 0.2) is 0 Å². The Labute approximate surface area is 59.4 Å². The second kappa shape index (κ2) is 6.90. The van der Waals surface area contributed by atoms with Crippen molar-refractivity contribution in [2.45, 2.75) is 32.1 Å². The van der Waals surface area contributed by atoms with Gasteiger partial charge in [0, 0.05) is 0 Å². The maximum absolute atomic E-state index is 9.58. The van der Waals surface area contributed by atoms with E-state index in [0.717, 1.165) is 0 Å². The third-order valence-electron chi connectivity index (χ3n) is 1.32. The highest BCUT2D eigenvalue weighted by Gasteiger charge is 1.95. The van der Waals surface area contributed by atoms with Crippen LogP contribution in [-0.2, 0) is 0 Å². The summed E-state index contributed by atoms with van der Waals surface area (Å²) in [6.07, 6.45) is 9.50. The Hall–Kier alpha value is -0.210. The van der Waals surface area contributed by atoms with E-state index >= 15 is 0 Å². The number of hydrogen-bond donors (Lipinski definition) is 0. The average Bonchev–Trinajstić information content (AvgIpc) is 1.90. The predicted molar refractivity (Wildman–Crippen MR) is 34.0 cm³/mol. The molecule has 2 radical (unpaired) electrons. The van der Waals surface area contributed by atoms with Crippen molar-refractivity contribution in [3.63, 3.8) is 0 Å². The van der Waals surface area contributed by atoms with Gasteiger partial charge in [-0.3, -0.25) is 0 Å².